The summed E-state index contributed by atoms with van der Waals surface area (Å²) in [7, 11) is 0. The first-order valence-electron chi connectivity index (χ1n) is 6.16. The number of ether oxygens (including phenoxy) is 2. The second-order valence-corrected chi connectivity index (χ2v) is 4.23. The van der Waals surface area contributed by atoms with E-state index in [1.165, 1.54) is 5.56 Å². The molecule has 94 valence electrons. The fourth-order valence-corrected chi connectivity index (χ4v) is 1.40. The summed E-state index contributed by atoms with van der Waals surface area (Å²) in [6.07, 6.45) is 0.343. The molecule has 2 nitrogen and oxygen atoms in total. The number of benzene rings is 2. The quantitative estimate of drug-likeness (QED) is 0.769. The number of epoxide rings is 1. The van der Waals surface area contributed by atoms with Crippen molar-refractivity contribution in [2.75, 3.05) is 13.2 Å². The van der Waals surface area contributed by atoms with E-state index in [4.69, 9.17) is 9.47 Å². The van der Waals surface area contributed by atoms with Gasteiger partial charge in [0, 0.05) is 0 Å². The van der Waals surface area contributed by atoms with Crippen LogP contribution in [0, 0.1) is 6.92 Å². The minimum absolute atomic E-state index is 0.343. The fraction of sp³-hybridized carbons (Fsp3) is 0.250. The van der Waals surface area contributed by atoms with E-state index in [-0.39, 0.29) is 0 Å². The lowest BCUT2D eigenvalue weighted by Crippen LogP contribution is -2.03. The van der Waals surface area contributed by atoms with Crippen LogP contribution in [0.3, 0.4) is 0 Å². The molecule has 0 bridgehead atoms. The maximum absolute atomic E-state index is 5.40. The van der Waals surface area contributed by atoms with Gasteiger partial charge in [0.05, 0.1) is 6.61 Å². The Balaban J connectivity index is 0.000000149. The smallest absolute Gasteiger partial charge is 0.119 e. The highest BCUT2D eigenvalue weighted by Gasteiger charge is 2.22. The second-order valence-electron chi connectivity index (χ2n) is 4.23. The topological polar surface area (TPSA) is 21.8 Å². The summed E-state index contributed by atoms with van der Waals surface area (Å²) in [6, 6.07) is 20.1. The van der Waals surface area contributed by atoms with Crippen LogP contribution in [0.5, 0.6) is 5.75 Å². The van der Waals surface area contributed by atoms with E-state index in [0.717, 1.165) is 12.4 Å². The molecule has 1 saturated heterocycles. The van der Waals surface area contributed by atoms with E-state index in [9.17, 15) is 0 Å². The minimum atomic E-state index is 0.343. The lowest BCUT2D eigenvalue weighted by Gasteiger charge is -2.01. The highest BCUT2D eigenvalue weighted by Crippen LogP contribution is 2.13. The standard InChI is InChI=1S/C9H10O2.C7H8/c1-2-4-8(5-3-1)10-6-9-7-11-9;1-7-5-3-2-4-6-7/h1-5,9H,6-7H2;2-6H,1H3. The molecule has 0 radical (unpaired) electrons. The van der Waals surface area contributed by atoms with E-state index in [2.05, 4.69) is 19.1 Å². The first-order valence-corrected chi connectivity index (χ1v) is 6.16. The Hall–Kier alpha value is -1.80. The molecule has 1 unspecified atom stereocenters. The summed E-state index contributed by atoms with van der Waals surface area (Å²) in [5, 5.41) is 0. The summed E-state index contributed by atoms with van der Waals surface area (Å²) < 4.78 is 10.4. The van der Waals surface area contributed by atoms with Crippen LogP contribution in [0.15, 0.2) is 60.7 Å². The van der Waals surface area contributed by atoms with Crippen LogP contribution in [0.1, 0.15) is 5.56 Å². The van der Waals surface area contributed by atoms with Gasteiger partial charge in [0.2, 0.25) is 0 Å². The van der Waals surface area contributed by atoms with E-state index >= 15 is 0 Å². The SMILES string of the molecule is Cc1ccccc1.c1ccc(OCC2CO2)cc1. The van der Waals surface area contributed by atoms with E-state index in [1.54, 1.807) is 0 Å². The van der Waals surface area contributed by atoms with Crippen molar-refractivity contribution < 1.29 is 9.47 Å². The molecular formula is C16H18O2. The Bertz CT molecular complexity index is 435. The number of aryl methyl sites for hydroxylation is 1. The Morgan fingerprint density at radius 2 is 1.56 bits per heavy atom. The van der Waals surface area contributed by atoms with Gasteiger partial charge in [-0.15, -0.1) is 0 Å². The predicted octanol–water partition coefficient (Wildman–Crippen LogP) is 3.46. The van der Waals surface area contributed by atoms with Gasteiger partial charge in [-0.3, -0.25) is 0 Å². The van der Waals surface area contributed by atoms with Crippen molar-refractivity contribution in [2.45, 2.75) is 13.0 Å². The normalized spacial score (nSPS) is 16.4. The average Bonchev–Trinajstić information content (AvgIpc) is 3.23. The number of rotatable bonds is 3. The van der Waals surface area contributed by atoms with Crippen LogP contribution < -0.4 is 4.74 Å². The first kappa shape index (κ1) is 12.7. The van der Waals surface area contributed by atoms with Crippen molar-refractivity contribution in [3.05, 3.63) is 66.2 Å². The van der Waals surface area contributed by atoms with Crippen LogP contribution in [0.4, 0.5) is 0 Å². The van der Waals surface area contributed by atoms with Gasteiger partial charge in [-0.25, -0.2) is 0 Å². The predicted molar refractivity (Wildman–Crippen MR) is 72.9 cm³/mol. The summed E-state index contributed by atoms with van der Waals surface area (Å²) in [5.41, 5.74) is 1.32. The van der Waals surface area contributed by atoms with Crippen molar-refractivity contribution in [1.82, 2.24) is 0 Å². The summed E-state index contributed by atoms with van der Waals surface area (Å²) >= 11 is 0. The van der Waals surface area contributed by atoms with Crippen molar-refractivity contribution in [1.29, 1.82) is 0 Å². The fourth-order valence-electron chi connectivity index (χ4n) is 1.40. The zero-order valence-electron chi connectivity index (χ0n) is 10.6. The highest BCUT2D eigenvalue weighted by atomic mass is 16.6. The summed E-state index contributed by atoms with van der Waals surface area (Å²) in [4.78, 5) is 0. The van der Waals surface area contributed by atoms with Gasteiger partial charge in [0.15, 0.2) is 0 Å². The van der Waals surface area contributed by atoms with Crippen molar-refractivity contribution >= 4 is 0 Å². The molecule has 1 fully saturated rings. The molecule has 2 aromatic carbocycles. The van der Waals surface area contributed by atoms with Crippen LogP contribution in [-0.4, -0.2) is 19.3 Å². The number of hydrogen-bond acceptors (Lipinski definition) is 2. The van der Waals surface area contributed by atoms with Crippen molar-refractivity contribution in [2.24, 2.45) is 0 Å². The van der Waals surface area contributed by atoms with E-state index in [0.29, 0.717) is 12.7 Å². The third-order valence-corrected chi connectivity index (χ3v) is 2.52. The molecule has 0 saturated carbocycles. The molecule has 1 atom stereocenters. The Labute approximate surface area is 108 Å². The molecule has 0 spiro atoms. The third kappa shape index (κ3) is 5.02. The molecule has 0 aliphatic carbocycles. The Morgan fingerprint density at radius 1 is 1.00 bits per heavy atom. The van der Waals surface area contributed by atoms with Crippen LogP contribution in [0.25, 0.3) is 0 Å². The van der Waals surface area contributed by atoms with Crippen LogP contribution in [0.2, 0.25) is 0 Å². The minimum Gasteiger partial charge on any atom is -0.491 e. The lowest BCUT2D eigenvalue weighted by molar-refractivity contribution is 0.263. The average molecular weight is 242 g/mol. The lowest BCUT2D eigenvalue weighted by atomic mass is 10.2. The molecule has 0 N–H and O–H groups in total. The number of para-hydroxylation sites is 1. The van der Waals surface area contributed by atoms with Crippen LogP contribution >= 0.6 is 0 Å². The van der Waals surface area contributed by atoms with Gasteiger partial charge < -0.3 is 9.47 Å². The highest BCUT2D eigenvalue weighted by molar-refractivity contribution is 5.20. The molecule has 3 rings (SSSR count). The zero-order valence-corrected chi connectivity index (χ0v) is 10.6. The molecule has 1 heterocycles. The van der Waals surface area contributed by atoms with Gasteiger partial charge in [-0.05, 0) is 19.1 Å². The van der Waals surface area contributed by atoms with Gasteiger partial charge >= 0.3 is 0 Å². The van der Waals surface area contributed by atoms with Gasteiger partial charge in [-0.1, -0.05) is 54.1 Å². The third-order valence-electron chi connectivity index (χ3n) is 2.52. The molecule has 0 aromatic heterocycles. The van der Waals surface area contributed by atoms with E-state index in [1.807, 2.05) is 48.5 Å². The molecule has 1 aliphatic rings. The summed E-state index contributed by atoms with van der Waals surface area (Å²) in [6.45, 7) is 3.62. The van der Waals surface area contributed by atoms with Gasteiger partial charge in [0.1, 0.15) is 18.5 Å². The van der Waals surface area contributed by atoms with Gasteiger partial charge in [-0.2, -0.15) is 0 Å². The monoisotopic (exact) mass is 242 g/mol. The van der Waals surface area contributed by atoms with E-state index < -0.39 is 0 Å². The molecule has 2 aromatic rings. The molecular weight excluding hydrogens is 224 g/mol. The van der Waals surface area contributed by atoms with Crippen molar-refractivity contribution in [3.8, 4) is 5.75 Å². The largest absolute Gasteiger partial charge is 0.491 e. The molecule has 2 heteroatoms. The Kier molecular flexibility index (Phi) is 4.79. The van der Waals surface area contributed by atoms with Gasteiger partial charge in [0.25, 0.3) is 0 Å². The second kappa shape index (κ2) is 6.82. The maximum atomic E-state index is 5.40. The Morgan fingerprint density at radius 3 is 2.00 bits per heavy atom. The molecule has 18 heavy (non-hydrogen) atoms. The first-order chi connectivity index (χ1) is 8.84. The van der Waals surface area contributed by atoms with Crippen molar-refractivity contribution in [3.63, 3.8) is 0 Å². The zero-order chi connectivity index (χ0) is 12.6. The molecule has 1 aliphatic heterocycles. The molecule has 0 amide bonds. The summed E-state index contributed by atoms with van der Waals surface area (Å²) in [5.74, 6) is 0.919. The maximum Gasteiger partial charge on any atom is 0.119 e. The number of hydrogen-bond donors (Lipinski definition) is 0. The van der Waals surface area contributed by atoms with Crippen LogP contribution in [-0.2, 0) is 4.74 Å².